The third-order valence-corrected chi connectivity index (χ3v) is 4.63. The number of hydrogen-bond donors (Lipinski definition) is 2. The minimum absolute atomic E-state index is 0.0338. The van der Waals surface area contributed by atoms with Gasteiger partial charge in [0.1, 0.15) is 0 Å². The van der Waals surface area contributed by atoms with E-state index >= 15 is 0 Å². The summed E-state index contributed by atoms with van der Waals surface area (Å²) in [4.78, 5) is 11.0. The fourth-order valence-electron chi connectivity index (χ4n) is 1.27. The summed E-state index contributed by atoms with van der Waals surface area (Å²) in [5.74, 6) is -0.564. The molecule has 1 fully saturated rings. The van der Waals surface area contributed by atoms with Crippen molar-refractivity contribution < 1.29 is 18.3 Å². The van der Waals surface area contributed by atoms with Gasteiger partial charge in [-0.1, -0.05) is 6.92 Å². The molecule has 0 aromatic rings. The molecule has 0 bridgehead atoms. The Hall–Kier alpha value is -0.620. The number of hydrogen-bond acceptors (Lipinski definition) is 3. The first-order chi connectivity index (χ1) is 7.29. The molecule has 5 nitrogen and oxygen atoms in total. The van der Waals surface area contributed by atoms with Crippen LogP contribution in [-0.4, -0.2) is 31.8 Å². The third-order valence-electron chi connectivity index (χ3n) is 3.13. The van der Waals surface area contributed by atoms with E-state index < -0.39 is 21.4 Å². The van der Waals surface area contributed by atoms with Crippen LogP contribution in [-0.2, 0) is 14.8 Å². The van der Waals surface area contributed by atoms with Crippen molar-refractivity contribution in [2.45, 2.75) is 33.1 Å². The second kappa shape index (κ2) is 4.71. The number of rotatable bonds is 7. The van der Waals surface area contributed by atoms with Gasteiger partial charge in [0.15, 0.2) is 0 Å². The zero-order chi connectivity index (χ0) is 12.4. The first-order valence-electron chi connectivity index (χ1n) is 5.50. The maximum absolute atomic E-state index is 11.6. The van der Waals surface area contributed by atoms with Gasteiger partial charge in [0.05, 0.1) is 11.2 Å². The molecular formula is C10H19NO4S. The molecule has 2 N–H and O–H groups in total. The fraction of sp³-hybridized carbons (Fsp3) is 0.900. The van der Waals surface area contributed by atoms with Crippen molar-refractivity contribution in [2.24, 2.45) is 11.3 Å². The average molecular weight is 249 g/mol. The first-order valence-corrected chi connectivity index (χ1v) is 7.15. The van der Waals surface area contributed by atoms with Crippen molar-refractivity contribution in [3.63, 3.8) is 0 Å². The molecule has 1 atom stereocenters. The number of carbonyl (C=O) groups is 1. The summed E-state index contributed by atoms with van der Waals surface area (Å²) in [5, 5.41) is 8.99. The van der Waals surface area contributed by atoms with Gasteiger partial charge in [-0.2, -0.15) is 0 Å². The number of nitrogens with one attached hydrogen (secondary N) is 1. The molecule has 1 aliphatic rings. The van der Waals surface area contributed by atoms with Gasteiger partial charge in [-0.05, 0) is 32.1 Å². The normalized spacial score (nSPS) is 20.4. The third kappa shape index (κ3) is 3.75. The molecule has 0 radical (unpaired) electrons. The molecule has 0 aromatic heterocycles. The summed E-state index contributed by atoms with van der Waals surface area (Å²) in [5.41, 5.74) is -1.02. The molecule has 0 aliphatic heterocycles. The highest BCUT2D eigenvalue weighted by Gasteiger charge is 2.34. The molecule has 94 valence electrons. The Labute approximate surface area is 96.3 Å². The Morgan fingerprint density at radius 1 is 1.50 bits per heavy atom. The van der Waals surface area contributed by atoms with Crippen LogP contribution in [0, 0.1) is 11.3 Å². The minimum Gasteiger partial charge on any atom is -0.481 e. The van der Waals surface area contributed by atoms with Crippen LogP contribution in [0.15, 0.2) is 0 Å². The van der Waals surface area contributed by atoms with Crippen molar-refractivity contribution >= 4 is 16.0 Å². The summed E-state index contributed by atoms with van der Waals surface area (Å²) in [6, 6.07) is 0. The average Bonchev–Trinajstić information content (AvgIpc) is 2.97. The molecular weight excluding hydrogens is 230 g/mol. The largest absolute Gasteiger partial charge is 0.481 e. The SMILES string of the molecule is CCC(C)(CNS(=O)(=O)CC1CC1)C(=O)O. The van der Waals surface area contributed by atoms with Gasteiger partial charge >= 0.3 is 5.97 Å². The van der Waals surface area contributed by atoms with Crippen LogP contribution in [0.5, 0.6) is 0 Å². The summed E-state index contributed by atoms with van der Waals surface area (Å²) < 4.78 is 25.5. The van der Waals surface area contributed by atoms with Crippen molar-refractivity contribution in [2.75, 3.05) is 12.3 Å². The fourth-order valence-corrected chi connectivity index (χ4v) is 2.89. The topological polar surface area (TPSA) is 83.5 Å². The van der Waals surface area contributed by atoms with Crippen LogP contribution >= 0.6 is 0 Å². The minimum atomic E-state index is -3.31. The summed E-state index contributed by atoms with van der Waals surface area (Å²) in [7, 11) is -3.31. The van der Waals surface area contributed by atoms with Gasteiger partial charge in [0.25, 0.3) is 0 Å². The van der Waals surface area contributed by atoms with E-state index in [1.54, 1.807) is 13.8 Å². The monoisotopic (exact) mass is 249 g/mol. The highest BCUT2D eigenvalue weighted by molar-refractivity contribution is 7.89. The molecule has 1 aliphatic carbocycles. The highest BCUT2D eigenvalue weighted by Crippen LogP contribution is 2.30. The van der Waals surface area contributed by atoms with Crippen molar-refractivity contribution in [1.29, 1.82) is 0 Å². The second-order valence-electron chi connectivity index (χ2n) is 4.77. The smallest absolute Gasteiger partial charge is 0.310 e. The molecule has 1 rings (SSSR count). The van der Waals surface area contributed by atoms with Gasteiger partial charge in [-0.25, -0.2) is 13.1 Å². The predicted molar refractivity (Wildman–Crippen MR) is 60.5 cm³/mol. The molecule has 0 saturated heterocycles. The Bertz CT molecular complexity index is 361. The molecule has 1 saturated carbocycles. The van der Waals surface area contributed by atoms with Gasteiger partial charge in [-0.15, -0.1) is 0 Å². The zero-order valence-electron chi connectivity index (χ0n) is 9.69. The van der Waals surface area contributed by atoms with Gasteiger partial charge in [-0.3, -0.25) is 4.79 Å². The molecule has 0 aromatic carbocycles. The highest BCUT2D eigenvalue weighted by atomic mass is 32.2. The van der Waals surface area contributed by atoms with Crippen molar-refractivity contribution in [3.05, 3.63) is 0 Å². The van der Waals surface area contributed by atoms with E-state index in [0.717, 1.165) is 12.8 Å². The molecule has 6 heteroatoms. The predicted octanol–water partition coefficient (Wildman–Crippen LogP) is 0.817. The quantitative estimate of drug-likeness (QED) is 0.699. The summed E-state index contributed by atoms with van der Waals surface area (Å²) in [6.07, 6.45) is 2.32. The van der Waals surface area contributed by atoms with Crippen molar-refractivity contribution in [3.8, 4) is 0 Å². The van der Waals surface area contributed by atoms with Crippen LogP contribution < -0.4 is 4.72 Å². The number of aliphatic carboxylic acids is 1. The van der Waals surface area contributed by atoms with Gasteiger partial charge in [0.2, 0.25) is 10.0 Å². The van der Waals surface area contributed by atoms with E-state index in [-0.39, 0.29) is 18.2 Å². The van der Waals surface area contributed by atoms with E-state index in [1.807, 2.05) is 0 Å². The molecule has 1 unspecified atom stereocenters. The van der Waals surface area contributed by atoms with E-state index in [0.29, 0.717) is 6.42 Å². The summed E-state index contributed by atoms with van der Waals surface area (Å²) >= 11 is 0. The van der Waals surface area contributed by atoms with E-state index in [4.69, 9.17) is 5.11 Å². The van der Waals surface area contributed by atoms with E-state index in [1.165, 1.54) is 0 Å². The molecule has 0 spiro atoms. The lowest BCUT2D eigenvalue weighted by Crippen LogP contribution is -2.41. The van der Waals surface area contributed by atoms with Crippen LogP contribution in [0.25, 0.3) is 0 Å². The number of carboxylic acids is 1. The first kappa shape index (κ1) is 13.4. The Morgan fingerprint density at radius 3 is 2.44 bits per heavy atom. The van der Waals surface area contributed by atoms with Crippen LogP contribution in [0.4, 0.5) is 0 Å². The van der Waals surface area contributed by atoms with E-state index in [9.17, 15) is 13.2 Å². The number of carboxylic acid groups (broad SMARTS) is 1. The standard InChI is InChI=1S/C10H19NO4S/c1-3-10(2,9(12)13)7-11-16(14,15)6-8-4-5-8/h8,11H,3-7H2,1-2H3,(H,12,13). The van der Waals surface area contributed by atoms with Crippen LogP contribution in [0.1, 0.15) is 33.1 Å². The lowest BCUT2D eigenvalue weighted by molar-refractivity contribution is -0.147. The lowest BCUT2D eigenvalue weighted by Gasteiger charge is -2.23. The lowest BCUT2D eigenvalue weighted by atomic mass is 9.88. The van der Waals surface area contributed by atoms with Gasteiger partial charge < -0.3 is 5.11 Å². The molecule has 16 heavy (non-hydrogen) atoms. The van der Waals surface area contributed by atoms with E-state index in [2.05, 4.69) is 4.72 Å². The van der Waals surface area contributed by atoms with Crippen molar-refractivity contribution in [1.82, 2.24) is 4.72 Å². The second-order valence-corrected chi connectivity index (χ2v) is 6.62. The maximum atomic E-state index is 11.6. The zero-order valence-corrected chi connectivity index (χ0v) is 10.5. The van der Waals surface area contributed by atoms with Crippen LogP contribution in [0.3, 0.4) is 0 Å². The molecule has 0 amide bonds. The van der Waals surface area contributed by atoms with Crippen LogP contribution in [0.2, 0.25) is 0 Å². The summed E-state index contributed by atoms with van der Waals surface area (Å²) in [6.45, 7) is 3.26. The van der Waals surface area contributed by atoms with Gasteiger partial charge in [0, 0.05) is 6.54 Å². The maximum Gasteiger partial charge on any atom is 0.310 e. The number of sulfonamides is 1. The Morgan fingerprint density at radius 2 is 2.06 bits per heavy atom. The Balaban J connectivity index is 2.51. The molecule has 0 heterocycles. The Kier molecular flexibility index (Phi) is 3.96.